The van der Waals surface area contributed by atoms with Gasteiger partial charge in [-0.2, -0.15) is 0 Å². The molecule has 6 nitrogen and oxygen atoms in total. The van der Waals surface area contributed by atoms with Crippen molar-refractivity contribution in [2.24, 2.45) is 0 Å². The number of ether oxygens (including phenoxy) is 1. The molecule has 1 atom stereocenters. The molecule has 1 saturated heterocycles. The molecular weight excluding hydrogens is 232 g/mol. The maximum Gasteiger partial charge on any atom is 0.233 e. The van der Waals surface area contributed by atoms with E-state index >= 15 is 0 Å². The summed E-state index contributed by atoms with van der Waals surface area (Å²) >= 11 is 0. The lowest BCUT2D eigenvalue weighted by Gasteiger charge is -2.33. The SMILES string of the molecule is OCC1COCCN1Cc1cn2cccnc2n1. The van der Waals surface area contributed by atoms with Gasteiger partial charge >= 0.3 is 0 Å². The minimum absolute atomic E-state index is 0.0662. The van der Waals surface area contributed by atoms with Crippen LogP contribution in [0.25, 0.3) is 5.78 Å². The van der Waals surface area contributed by atoms with Crippen LogP contribution < -0.4 is 0 Å². The first-order valence-electron chi connectivity index (χ1n) is 6.08. The average Bonchev–Trinajstić information content (AvgIpc) is 2.81. The van der Waals surface area contributed by atoms with E-state index in [1.807, 2.05) is 22.9 Å². The van der Waals surface area contributed by atoms with Gasteiger partial charge < -0.3 is 9.84 Å². The van der Waals surface area contributed by atoms with Crippen LogP contribution in [0.5, 0.6) is 0 Å². The zero-order chi connectivity index (χ0) is 12.4. The summed E-state index contributed by atoms with van der Waals surface area (Å²) in [5.41, 5.74) is 0.967. The Hall–Kier alpha value is -1.50. The van der Waals surface area contributed by atoms with Gasteiger partial charge in [0, 0.05) is 31.7 Å². The summed E-state index contributed by atoms with van der Waals surface area (Å²) in [4.78, 5) is 10.9. The third-order valence-corrected chi connectivity index (χ3v) is 3.21. The summed E-state index contributed by atoms with van der Waals surface area (Å²) in [6.45, 7) is 2.96. The van der Waals surface area contributed by atoms with Gasteiger partial charge in [0.2, 0.25) is 5.78 Å². The molecule has 1 aliphatic heterocycles. The normalized spacial score (nSPS) is 21.5. The molecule has 0 aliphatic carbocycles. The monoisotopic (exact) mass is 248 g/mol. The number of hydrogen-bond acceptors (Lipinski definition) is 5. The fourth-order valence-corrected chi connectivity index (χ4v) is 2.23. The van der Waals surface area contributed by atoms with Crippen LogP contribution in [0, 0.1) is 0 Å². The second-order valence-electron chi connectivity index (χ2n) is 4.44. The van der Waals surface area contributed by atoms with Crippen molar-refractivity contribution in [1.29, 1.82) is 0 Å². The standard InChI is InChI=1S/C12H16N4O2/c17-8-11-9-18-5-4-15(11)6-10-7-16-3-1-2-13-12(16)14-10/h1-3,7,11,17H,4-6,8-9H2. The quantitative estimate of drug-likeness (QED) is 0.823. The fourth-order valence-electron chi connectivity index (χ4n) is 2.23. The number of aliphatic hydroxyl groups excluding tert-OH is 1. The van der Waals surface area contributed by atoms with Gasteiger partial charge in [0.1, 0.15) is 0 Å². The molecule has 0 saturated carbocycles. The van der Waals surface area contributed by atoms with Gasteiger partial charge in [0.15, 0.2) is 0 Å². The molecular formula is C12H16N4O2. The molecule has 1 aliphatic rings. The number of fused-ring (bicyclic) bond motifs is 1. The number of aromatic nitrogens is 3. The van der Waals surface area contributed by atoms with Crippen LogP contribution in [-0.4, -0.2) is 56.8 Å². The van der Waals surface area contributed by atoms with Crippen LogP contribution in [0.4, 0.5) is 0 Å². The van der Waals surface area contributed by atoms with Crippen molar-refractivity contribution in [1.82, 2.24) is 19.3 Å². The highest BCUT2D eigenvalue weighted by Crippen LogP contribution is 2.12. The third-order valence-electron chi connectivity index (χ3n) is 3.21. The maximum absolute atomic E-state index is 9.32. The Morgan fingerprint density at radius 3 is 3.28 bits per heavy atom. The van der Waals surface area contributed by atoms with E-state index in [2.05, 4.69) is 14.9 Å². The first kappa shape index (κ1) is 11.6. The van der Waals surface area contributed by atoms with Gasteiger partial charge in [0.25, 0.3) is 0 Å². The Balaban J connectivity index is 1.78. The predicted molar refractivity (Wildman–Crippen MR) is 65.1 cm³/mol. The maximum atomic E-state index is 9.32. The molecule has 0 aromatic carbocycles. The van der Waals surface area contributed by atoms with Crippen LogP contribution in [-0.2, 0) is 11.3 Å². The summed E-state index contributed by atoms with van der Waals surface area (Å²) in [6.07, 6.45) is 5.64. The topological polar surface area (TPSA) is 62.9 Å². The summed E-state index contributed by atoms with van der Waals surface area (Å²) in [7, 11) is 0. The van der Waals surface area contributed by atoms with E-state index in [1.165, 1.54) is 0 Å². The van der Waals surface area contributed by atoms with E-state index in [9.17, 15) is 5.11 Å². The minimum atomic E-state index is 0.0662. The van der Waals surface area contributed by atoms with Crippen LogP contribution in [0.15, 0.2) is 24.7 Å². The van der Waals surface area contributed by atoms with E-state index in [-0.39, 0.29) is 12.6 Å². The Morgan fingerprint density at radius 2 is 2.44 bits per heavy atom. The average molecular weight is 248 g/mol. The van der Waals surface area contributed by atoms with Crippen molar-refractivity contribution in [2.75, 3.05) is 26.4 Å². The molecule has 6 heteroatoms. The van der Waals surface area contributed by atoms with Crippen LogP contribution in [0.1, 0.15) is 5.69 Å². The molecule has 1 N–H and O–H groups in total. The number of imidazole rings is 1. The summed E-state index contributed by atoms with van der Waals surface area (Å²) in [5.74, 6) is 0.710. The lowest BCUT2D eigenvalue weighted by molar-refractivity contribution is -0.0316. The second-order valence-corrected chi connectivity index (χ2v) is 4.44. The molecule has 18 heavy (non-hydrogen) atoms. The highest BCUT2D eigenvalue weighted by atomic mass is 16.5. The number of rotatable bonds is 3. The Morgan fingerprint density at radius 1 is 1.50 bits per heavy atom. The van der Waals surface area contributed by atoms with Crippen LogP contribution in [0.3, 0.4) is 0 Å². The Kier molecular flexibility index (Phi) is 3.22. The lowest BCUT2D eigenvalue weighted by atomic mass is 10.2. The molecule has 96 valence electrons. The summed E-state index contributed by atoms with van der Waals surface area (Å²) in [5, 5.41) is 9.32. The lowest BCUT2D eigenvalue weighted by Crippen LogP contribution is -2.46. The van der Waals surface area contributed by atoms with Crippen molar-refractivity contribution in [3.8, 4) is 0 Å². The fraction of sp³-hybridized carbons (Fsp3) is 0.500. The number of aliphatic hydroxyl groups is 1. The number of hydrogen-bond donors (Lipinski definition) is 1. The summed E-state index contributed by atoms with van der Waals surface area (Å²) in [6, 6.07) is 1.94. The van der Waals surface area contributed by atoms with E-state index < -0.39 is 0 Å². The zero-order valence-corrected chi connectivity index (χ0v) is 10.1. The van der Waals surface area contributed by atoms with Gasteiger partial charge in [-0.05, 0) is 6.07 Å². The van der Waals surface area contributed by atoms with Crippen LogP contribution in [0.2, 0.25) is 0 Å². The number of nitrogens with zero attached hydrogens (tertiary/aromatic N) is 4. The smallest absolute Gasteiger partial charge is 0.233 e. The van der Waals surface area contributed by atoms with E-state index in [0.717, 1.165) is 18.8 Å². The van der Waals surface area contributed by atoms with E-state index in [4.69, 9.17) is 4.74 Å². The molecule has 1 fully saturated rings. The van der Waals surface area contributed by atoms with E-state index in [1.54, 1.807) is 6.20 Å². The Labute approximate surface area is 105 Å². The largest absolute Gasteiger partial charge is 0.395 e. The van der Waals surface area contributed by atoms with Gasteiger partial charge in [0.05, 0.1) is 31.6 Å². The molecule has 0 spiro atoms. The Bertz CT molecular complexity index is 495. The second kappa shape index (κ2) is 5.01. The van der Waals surface area contributed by atoms with Crippen molar-refractivity contribution in [3.63, 3.8) is 0 Å². The molecule has 3 rings (SSSR count). The third kappa shape index (κ3) is 2.22. The molecule has 3 heterocycles. The van der Waals surface area contributed by atoms with Gasteiger partial charge in [-0.3, -0.25) is 9.30 Å². The van der Waals surface area contributed by atoms with E-state index in [0.29, 0.717) is 19.0 Å². The molecule has 2 aromatic heterocycles. The highest BCUT2D eigenvalue weighted by Gasteiger charge is 2.23. The number of morpholine rings is 1. The van der Waals surface area contributed by atoms with Gasteiger partial charge in [-0.25, -0.2) is 9.97 Å². The molecule has 0 radical (unpaired) electrons. The first-order chi connectivity index (χ1) is 8.86. The molecule has 0 amide bonds. The molecule has 2 aromatic rings. The van der Waals surface area contributed by atoms with Crippen LogP contribution >= 0.6 is 0 Å². The zero-order valence-electron chi connectivity index (χ0n) is 10.1. The predicted octanol–water partition coefficient (Wildman–Crippen LogP) is -0.0776. The van der Waals surface area contributed by atoms with Crippen molar-refractivity contribution in [3.05, 3.63) is 30.4 Å². The first-order valence-corrected chi connectivity index (χ1v) is 6.08. The van der Waals surface area contributed by atoms with Gasteiger partial charge in [-0.15, -0.1) is 0 Å². The summed E-state index contributed by atoms with van der Waals surface area (Å²) < 4.78 is 7.27. The van der Waals surface area contributed by atoms with Crippen molar-refractivity contribution >= 4 is 5.78 Å². The van der Waals surface area contributed by atoms with Gasteiger partial charge in [-0.1, -0.05) is 0 Å². The highest BCUT2D eigenvalue weighted by molar-refractivity contribution is 5.29. The minimum Gasteiger partial charge on any atom is -0.395 e. The van der Waals surface area contributed by atoms with Crippen molar-refractivity contribution < 1.29 is 9.84 Å². The van der Waals surface area contributed by atoms with Crippen molar-refractivity contribution in [2.45, 2.75) is 12.6 Å². The molecule has 1 unspecified atom stereocenters. The molecule has 0 bridgehead atoms.